The lowest BCUT2D eigenvalue weighted by Crippen LogP contribution is -2.28. The Balaban J connectivity index is 1.64. The van der Waals surface area contributed by atoms with Crippen LogP contribution in [0.5, 0.6) is 5.75 Å². The van der Waals surface area contributed by atoms with Crippen LogP contribution in [0.2, 0.25) is 0 Å². The van der Waals surface area contributed by atoms with Crippen LogP contribution in [0.4, 0.5) is 26.3 Å². The molecule has 6 nitrogen and oxygen atoms in total. The molecule has 0 aromatic heterocycles. The third kappa shape index (κ3) is 7.58. The van der Waals surface area contributed by atoms with Gasteiger partial charge < -0.3 is 4.18 Å². The van der Waals surface area contributed by atoms with Gasteiger partial charge in [0.2, 0.25) is 0 Å². The predicted octanol–water partition coefficient (Wildman–Crippen LogP) is 10.8. The van der Waals surface area contributed by atoms with E-state index < -0.39 is 78.3 Å². The molecular weight excluding hydrogens is 707 g/mol. The van der Waals surface area contributed by atoms with E-state index in [1.165, 1.54) is 0 Å². The number of alkyl halides is 6. The minimum atomic E-state index is -6.19. The third-order valence-electron chi connectivity index (χ3n) is 11.3. The summed E-state index contributed by atoms with van der Waals surface area (Å²) in [5.74, 6) is -1.74. The number of fused-ring (bicyclic) bond motifs is 1. The van der Waals surface area contributed by atoms with Crippen LogP contribution in [0, 0.1) is 0 Å². The Morgan fingerprint density at radius 2 is 0.980 bits per heavy atom. The highest BCUT2D eigenvalue weighted by atomic mass is 32.2. The Labute approximate surface area is 290 Å². The van der Waals surface area contributed by atoms with Crippen LogP contribution in [0.1, 0.15) is 166 Å². The minimum Gasteiger partial charge on any atom is -0.378 e. The second-order valence-electron chi connectivity index (χ2n) is 14.6. The molecule has 0 aliphatic heterocycles. The van der Waals surface area contributed by atoms with Crippen molar-refractivity contribution in [2.24, 2.45) is 0 Å². The van der Waals surface area contributed by atoms with E-state index in [2.05, 4.69) is 0 Å². The lowest BCUT2D eigenvalue weighted by molar-refractivity contribution is -0.148. The van der Waals surface area contributed by atoms with Crippen molar-refractivity contribution in [3.8, 4) is 5.75 Å². The molecule has 0 unspecified atom stereocenters. The van der Waals surface area contributed by atoms with Gasteiger partial charge >= 0.3 is 22.5 Å². The van der Waals surface area contributed by atoms with Gasteiger partial charge in [-0.3, -0.25) is 4.55 Å². The Morgan fingerprint density at radius 1 is 0.560 bits per heavy atom. The van der Waals surface area contributed by atoms with Crippen molar-refractivity contribution in [1.82, 2.24) is 0 Å². The largest absolute Gasteiger partial charge is 0.421 e. The fourth-order valence-corrected chi connectivity index (χ4v) is 11.6. The summed E-state index contributed by atoms with van der Waals surface area (Å²) in [4.78, 5) is -2.65. The zero-order chi connectivity index (χ0) is 36.1. The highest BCUT2D eigenvalue weighted by Crippen LogP contribution is 2.53. The topological polar surface area (TPSA) is 97.7 Å². The van der Waals surface area contributed by atoms with E-state index in [-0.39, 0.29) is 35.5 Å². The van der Waals surface area contributed by atoms with Gasteiger partial charge in [0.05, 0.1) is 5.56 Å². The van der Waals surface area contributed by atoms with E-state index in [1.807, 2.05) is 12.1 Å². The van der Waals surface area contributed by atoms with Crippen LogP contribution < -0.4 is 4.18 Å². The summed E-state index contributed by atoms with van der Waals surface area (Å²) in [5, 5.41) is 0. The zero-order valence-corrected chi connectivity index (χ0v) is 29.5. The van der Waals surface area contributed by atoms with Crippen molar-refractivity contribution >= 4 is 20.2 Å². The highest BCUT2D eigenvalue weighted by molar-refractivity contribution is 7.87. The lowest BCUT2D eigenvalue weighted by atomic mass is 9.76. The molecule has 0 heterocycles. The average Bonchev–Trinajstić information content (AvgIpc) is 3.07. The molecule has 0 radical (unpaired) electrons. The van der Waals surface area contributed by atoms with E-state index >= 15 is 0 Å². The van der Waals surface area contributed by atoms with Crippen LogP contribution in [-0.4, -0.2) is 21.4 Å². The molecule has 2 aromatic carbocycles. The van der Waals surface area contributed by atoms with Crippen molar-refractivity contribution in [3.63, 3.8) is 0 Å². The summed E-state index contributed by atoms with van der Waals surface area (Å²) in [6.07, 6.45) is 0.808. The fraction of sp³-hybridized carbons (Fsp3) is 0.667. The Kier molecular flexibility index (Phi) is 10.7. The molecule has 0 saturated heterocycles. The molecule has 4 aliphatic carbocycles. The SMILES string of the molecule is O=S(=O)(O)c1c(C(F)(F)F)c2c(c(OS(=O)(=O)c3c(C4CCCCC4)cc(C4CCCCC4)cc3C3CCCCC3)c1C(F)(F)F)CCCC2. The summed E-state index contributed by atoms with van der Waals surface area (Å²) in [7, 11) is -11.4. The normalized spacial score (nSPS) is 20.9. The number of benzene rings is 2. The van der Waals surface area contributed by atoms with E-state index in [1.54, 1.807) is 0 Å². The van der Waals surface area contributed by atoms with Gasteiger partial charge in [0.15, 0.2) is 5.75 Å². The van der Waals surface area contributed by atoms with Gasteiger partial charge in [-0.1, -0.05) is 69.9 Å². The third-order valence-corrected chi connectivity index (χ3v) is 13.6. The summed E-state index contributed by atoms with van der Waals surface area (Å²) in [5.41, 5.74) is -4.09. The van der Waals surface area contributed by atoms with E-state index in [4.69, 9.17) is 4.18 Å². The maximum atomic E-state index is 14.9. The van der Waals surface area contributed by atoms with Crippen molar-refractivity contribution in [3.05, 3.63) is 51.1 Å². The van der Waals surface area contributed by atoms with Crippen LogP contribution in [0.15, 0.2) is 21.9 Å². The van der Waals surface area contributed by atoms with Gasteiger partial charge in [-0.05, 0) is 104 Å². The first-order valence-electron chi connectivity index (χ1n) is 17.9. The van der Waals surface area contributed by atoms with Crippen molar-refractivity contribution in [1.29, 1.82) is 0 Å². The van der Waals surface area contributed by atoms with Gasteiger partial charge in [-0.25, -0.2) is 0 Å². The van der Waals surface area contributed by atoms with E-state index in [9.17, 15) is 47.7 Å². The molecule has 4 aliphatic rings. The number of halogens is 6. The van der Waals surface area contributed by atoms with Crippen molar-refractivity contribution in [2.45, 2.75) is 162 Å². The first kappa shape index (κ1) is 37.4. The Hall–Kier alpha value is -2.32. The molecule has 3 fully saturated rings. The molecule has 6 rings (SSSR count). The first-order valence-corrected chi connectivity index (χ1v) is 20.8. The second-order valence-corrected chi connectivity index (χ2v) is 17.5. The summed E-state index contributed by atoms with van der Waals surface area (Å²) in [6, 6.07) is 3.76. The Morgan fingerprint density at radius 3 is 1.40 bits per heavy atom. The number of rotatable bonds is 7. The molecule has 3 saturated carbocycles. The second kappa shape index (κ2) is 14.2. The predicted molar refractivity (Wildman–Crippen MR) is 175 cm³/mol. The van der Waals surface area contributed by atoms with Gasteiger partial charge in [0, 0.05) is 5.56 Å². The molecule has 14 heteroatoms. The summed E-state index contributed by atoms with van der Waals surface area (Å²) >= 11 is 0. The Bertz CT molecular complexity index is 1760. The molecule has 278 valence electrons. The molecule has 0 bridgehead atoms. The molecule has 50 heavy (non-hydrogen) atoms. The molecule has 0 amide bonds. The first-order chi connectivity index (χ1) is 23.5. The standard InChI is InChI=1S/C36H44F6O6S2/c37-35(38,39)30-26-18-10-11-19-27(26)32(31(36(40,41)42)34(30)49(43,44)45)48-50(46,47)33-28(23-14-6-2-7-15-23)20-25(22-12-4-1-5-13-22)21-29(33)24-16-8-3-9-17-24/h20-24H,1-19H2,(H,43,44,45). The van der Waals surface area contributed by atoms with Gasteiger partial charge in [0.25, 0.3) is 10.1 Å². The maximum absolute atomic E-state index is 14.9. The molecule has 0 spiro atoms. The highest BCUT2D eigenvalue weighted by Gasteiger charge is 2.51. The lowest BCUT2D eigenvalue weighted by Gasteiger charge is -2.33. The molecule has 0 atom stereocenters. The fourth-order valence-electron chi connectivity index (χ4n) is 9.10. The quantitative estimate of drug-likeness (QED) is 0.172. The molecule has 1 N–H and O–H groups in total. The summed E-state index contributed by atoms with van der Waals surface area (Å²) < 4.78 is 158. The molecule has 2 aromatic rings. The average molecular weight is 751 g/mol. The summed E-state index contributed by atoms with van der Waals surface area (Å²) in [6.45, 7) is 0. The van der Waals surface area contributed by atoms with Crippen LogP contribution >= 0.6 is 0 Å². The number of hydrogen-bond acceptors (Lipinski definition) is 5. The van der Waals surface area contributed by atoms with Crippen molar-refractivity contribution in [2.75, 3.05) is 0 Å². The van der Waals surface area contributed by atoms with Gasteiger partial charge in [-0.2, -0.15) is 43.2 Å². The van der Waals surface area contributed by atoms with E-state index in [0.29, 0.717) is 36.8 Å². The minimum absolute atomic E-state index is 0.0822. The van der Waals surface area contributed by atoms with E-state index in [0.717, 1.165) is 76.2 Å². The van der Waals surface area contributed by atoms with Crippen LogP contribution in [-0.2, 0) is 45.4 Å². The number of hydrogen-bond donors (Lipinski definition) is 1. The molecular formula is C36H44F6O6S2. The monoisotopic (exact) mass is 750 g/mol. The van der Waals surface area contributed by atoms with Gasteiger partial charge in [-0.15, -0.1) is 0 Å². The maximum Gasteiger partial charge on any atom is 0.421 e. The van der Waals surface area contributed by atoms with Gasteiger partial charge in [0.1, 0.15) is 15.4 Å². The smallest absolute Gasteiger partial charge is 0.378 e. The zero-order valence-electron chi connectivity index (χ0n) is 27.9. The van der Waals surface area contributed by atoms with Crippen LogP contribution in [0.3, 0.4) is 0 Å². The van der Waals surface area contributed by atoms with Crippen LogP contribution in [0.25, 0.3) is 0 Å². The van der Waals surface area contributed by atoms with Crippen molar-refractivity contribution < 1.29 is 51.9 Å².